The number of carbonyl (C=O) groups is 4. The van der Waals surface area contributed by atoms with E-state index >= 15 is 0 Å². The molecule has 14 nitrogen and oxygen atoms in total. The van der Waals surface area contributed by atoms with Gasteiger partial charge in [-0.15, -0.1) is 0 Å². The molecule has 4 aromatic carbocycles. The van der Waals surface area contributed by atoms with Gasteiger partial charge in [-0.1, -0.05) is 60.7 Å². The summed E-state index contributed by atoms with van der Waals surface area (Å²) in [7, 11) is 2.71. The van der Waals surface area contributed by atoms with Crippen LogP contribution in [0.2, 0.25) is 0 Å². The van der Waals surface area contributed by atoms with E-state index < -0.39 is 82.1 Å². The van der Waals surface area contributed by atoms with Crippen molar-refractivity contribution in [2.24, 2.45) is 0 Å². The minimum atomic E-state index is -1.76. The molecule has 62 heavy (non-hydrogen) atoms. The lowest BCUT2D eigenvalue weighted by Crippen LogP contribution is -2.54. The second kappa shape index (κ2) is 15.4. The second-order valence-corrected chi connectivity index (χ2v) is 15.7. The van der Waals surface area contributed by atoms with E-state index in [1.165, 1.54) is 52.4 Å². The van der Waals surface area contributed by atoms with Crippen molar-refractivity contribution in [2.75, 3.05) is 14.2 Å². The topological polar surface area (TPSA) is 205 Å². The highest BCUT2D eigenvalue weighted by atomic mass is 16.6. The minimum Gasteiger partial charge on any atom is -0.506 e. The molecule has 2 heterocycles. The SMILES string of the molecule is CO[C@H](C(=O)O[C@H]1C=CC(=O)C2=C(O)c3c(cc(C)c(-c4c(C)cc5c(c4O)C(O)=C4C(=O)C=C[C@H](OC(=O)[C@@H](OC)c6ccccc6)[C@]4(C)O5)c3O)O[C@]21C)c1ccccc1. The number of carbonyl (C=O) groups excluding carboxylic acids is 4. The quantitative estimate of drug-likeness (QED) is 0.124. The molecule has 0 unspecified atom stereocenters. The first-order chi connectivity index (χ1) is 29.5. The average Bonchev–Trinajstić information content (AvgIpc) is 3.22. The van der Waals surface area contributed by atoms with Gasteiger partial charge in [-0.05, 0) is 86.4 Å². The molecule has 4 N–H and O–H groups in total. The van der Waals surface area contributed by atoms with E-state index in [1.54, 1.807) is 74.5 Å². The molecule has 2 aliphatic carbocycles. The van der Waals surface area contributed by atoms with Gasteiger partial charge in [0.1, 0.15) is 45.6 Å². The van der Waals surface area contributed by atoms with Gasteiger partial charge in [0.05, 0.1) is 11.1 Å². The van der Waals surface area contributed by atoms with Crippen molar-refractivity contribution in [3.63, 3.8) is 0 Å². The molecule has 0 bridgehead atoms. The third-order valence-electron chi connectivity index (χ3n) is 11.8. The molecule has 0 amide bonds. The summed E-state index contributed by atoms with van der Waals surface area (Å²) in [6.07, 6.45) is 0.268. The third-order valence-corrected chi connectivity index (χ3v) is 11.8. The van der Waals surface area contributed by atoms with Crippen LogP contribution >= 0.6 is 0 Å². The predicted octanol–water partition coefficient (Wildman–Crippen LogP) is 7.10. The molecule has 8 rings (SSSR count). The molecule has 14 heteroatoms. The molecular weight excluding hydrogens is 801 g/mol. The first-order valence-electron chi connectivity index (χ1n) is 19.6. The number of aliphatic hydroxyl groups is 2. The van der Waals surface area contributed by atoms with Gasteiger partial charge in [-0.3, -0.25) is 9.59 Å². The van der Waals surface area contributed by atoms with E-state index in [4.69, 9.17) is 28.4 Å². The number of methoxy groups -OCH3 is 2. The lowest BCUT2D eigenvalue weighted by molar-refractivity contribution is -0.167. The molecule has 0 fully saturated rings. The van der Waals surface area contributed by atoms with Crippen molar-refractivity contribution in [3.8, 4) is 34.1 Å². The smallest absolute Gasteiger partial charge is 0.340 e. The van der Waals surface area contributed by atoms with Crippen LogP contribution in [0.4, 0.5) is 0 Å². The summed E-state index contributed by atoms with van der Waals surface area (Å²) in [5.41, 5.74) is -3.02. The normalized spacial score (nSPS) is 23.3. The van der Waals surface area contributed by atoms with Crippen molar-refractivity contribution < 1.29 is 68.0 Å². The molecule has 4 aromatic rings. The predicted molar refractivity (Wildman–Crippen MR) is 222 cm³/mol. The first-order valence-corrected chi connectivity index (χ1v) is 19.6. The molecular formula is C48H42O14. The van der Waals surface area contributed by atoms with E-state index in [9.17, 15) is 39.6 Å². The Bertz CT molecular complexity index is 2510. The number of esters is 2. The van der Waals surface area contributed by atoms with E-state index in [-0.39, 0.29) is 44.9 Å². The summed E-state index contributed by atoms with van der Waals surface area (Å²) in [5, 5.41) is 47.9. The first kappa shape index (κ1) is 41.6. The van der Waals surface area contributed by atoms with Gasteiger partial charge >= 0.3 is 11.9 Å². The number of phenolic OH excluding ortho intramolecular Hbond substituents is 2. The summed E-state index contributed by atoms with van der Waals surface area (Å²) in [5.74, 6) is -5.53. The Morgan fingerprint density at radius 3 is 1.29 bits per heavy atom. The third kappa shape index (κ3) is 6.41. The number of aromatic hydroxyl groups is 2. The summed E-state index contributed by atoms with van der Waals surface area (Å²) >= 11 is 0. The number of fused-ring (bicyclic) bond motifs is 4. The Morgan fingerprint density at radius 1 is 0.597 bits per heavy atom. The van der Waals surface area contributed by atoms with Gasteiger partial charge in [0.15, 0.2) is 47.2 Å². The minimum absolute atomic E-state index is 0.00666. The van der Waals surface area contributed by atoms with Crippen LogP contribution in [0.5, 0.6) is 23.0 Å². The standard InChI is InChI=1S/C48H42O14/c1-23-21-29-35(41(53)37-27(49)17-19-31(47(37,3)61-29)59-45(55)43(57-5)25-13-9-7-10-14-25)39(51)33(23)34-24(2)22-30-36(40(34)52)42(54)38-28(50)18-20-32(48(38,4)62-30)60-46(56)44(58-6)26-15-11-8-12-16-26/h7-22,31-32,43-44,51-54H,1-6H3/t31-,32-,43-,44-,47-,48-/m0/s1. The number of allylic oxidation sites excluding steroid dienone is 2. The fourth-order valence-corrected chi connectivity index (χ4v) is 8.74. The van der Waals surface area contributed by atoms with Crippen molar-refractivity contribution in [2.45, 2.75) is 63.3 Å². The zero-order chi connectivity index (χ0) is 44.4. The monoisotopic (exact) mass is 842 g/mol. The molecule has 0 radical (unpaired) electrons. The summed E-state index contributed by atoms with van der Waals surface area (Å²) in [4.78, 5) is 54.0. The van der Waals surface area contributed by atoms with Crippen molar-refractivity contribution in [1.82, 2.24) is 0 Å². The van der Waals surface area contributed by atoms with Gasteiger partial charge in [-0.2, -0.15) is 0 Å². The van der Waals surface area contributed by atoms with Crippen LogP contribution in [0.3, 0.4) is 0 Å². The van der Waals surface area contributed by atoms with Gasteiger partial charge < -0.3 is 48.8 Å². The van der Waals surface area contributed by atoms with Crippen molar-refractivity contribution >= 4 is 35.0 Å². The maximum atomic E-state index is 13.5. The van der Waals surface area contributed by atoms with E-state index in [0.29, 0.717) is 22.3 Å². The molecule has 4 aliphatic rings. The van der Waals surface area contributed by atoms with Crippen LogP contribution in [-0.4, -0.2) is 81.6 Å². The number of hydrogen-bond acceptors (Lipinski definition) is 14. The fourth-order valence-electron chi connectivity index (χ4n) is 8.74. The van der Waals surface area contributed by atoms with Crippen LogP contribution in [0, 0.1) is 13.8 Å². The van der Waals surface area contributed by atoms with Gasteiger partial charge in [0.25, 0.3) is 0 Å². The Balaban J connectivity index is 1.17. The number of phenols is 2. The number of aliphatic hydroxyl groups excluding tert-OH is 2. The zero-order valence-corrected chi connectivity index (χ0v) is 34.4. The number of ketones is 2. The lowest BCUT2D eigenvalue weighted by atomic mass is 9.77. The van der Waals surface area contributed by atoms with Gasteiger partial charge in [-0.25, -0.2) is 9.59 Å². The van der Waals surface area contributed by atoms with Crippen LogP contribution in [0.15, 0.2) is 108 Å². The van der Waals surface area contributed by atoms with E-state index in [0.717, 1.165) is 12.2 Å². The maximum absolute atomic E-state index is 13.5. The maximum Gasteiger partial charge on any atom is 0.340 e. The van der Waals surface area contributed by atoms with Crippen LogP contribution < -0.4 is 9.47 Å². The Kier molecular flexibility index (Phi) is 10.3. The average molecular weight is 843 g/mol. The number of rotatable bonds is 9. The van der Waals surface area contributed by atoms with Crippen LogP contribution in [0.1, 0.15) is 59.4 Å². The zero-order valence-electron chi connectivity index (χ0n) is 34.4. The number of ether oxygens (including phenoxy) is 6. The Hall–Kier alpha value is -7.16. The Morgan fingerprint density at radius 2 is 0.952 bits per heavy atom. The molecule has 318 valence electrons. The molecule has 0 aromatic heterocycles. The Labute approximate surface area is 355 Å². The molecule has 2 aliphatic heterocycles. The molecule has 0 spiro atoms. The second-order valence-electron chi connectivity index (χ2n) is 15.7. The highest BCUT2D eigenvalue weighted by molar-refractivity contribution is 6.14. The number of aryl methyl sites for hydroxylation is 2. The van der Waals surface area contributed by atoms with Gasteiger partial charge in [0, 0.05) is 25.3 Å². The van der Waals surface area contributed by atoms with Crippen molar-refractivity contribution in [3.05, 3.63) is 142 Å². The van der Waals surface area contributed by atoms with Gasteiger partial charge in [0.2, 0.25) is 0 Å². The lowest BCUT2D eigenvalue weighted by Gasteiger charge is -2.43. The highest BCUT2D eigenvalue weighted by Gasteiger charge is 2.54. The largest absolute Gasteiger partial charge is 0.506 e. The summed E-state index contributed by atoms with van der Waals surface area (Å²) in [6.45, 7) is 6.15. The van der Waals surface area contributed by atoms with E-state index in [1.807, 2.05) is 0 Å². The molecule has 6 atom stereocenters. The van der Waals surface area contributed by atoms with Crippen molar-refractivity contribution in [1.29, 1.82) is 0 Å². The van der Waals surface area contributed by atoms with E-state index in [2.05, 4.69) is 0 Å². The number of benzene rings is 4. The number of hydrogen-bond donors (Lipinski definition) is 4. The molecule has 0 saturated heterocycles. The van der Waals surface area contributed by atoms with Crippen LogP contribution in [0.25, 0.3) is 22.6 Å². The highest BCUT2D eigenvalue weighted by Crippen LogP contribution is 2.56. The summed E-state index contributed by atoms with van der Waals surface area (Å²) < 4.78 is 35.4. The summed E-state index contributed by atoms with van der Waals surface area (Å²) in [6, 6.07) is 20.3. The van der Waals surface area contributed by atoms with Crippen LogP contribution in [-0.2, 0) is 38.1 Å². The fraction of sp³-hybridized carbons (Fsp3) is 0.250. The molecule has 0 saturated carbocycles.